The lowest BCUT2D eigenvalue weighted by Gasteiger charge is -2.01. The molecule has 96 valence electrons. The van der Waals surface area contributed by atoms with Crippen LogP contribution in [0.4, 0.5) is 0 Å². The lowest BCUT2D eigenvalue weighted by atomic mass is 10.2. The van der Waals surface area contributed by atoms with E-state index in [0.717, 1.165) is 5.52 Å². The molecule has 0 atom stereocenters. The van der Waals surface area contributed by atoms with Crippen molar-refractivity contribution in [2.24, 2.45) is 0 Å². The van der Waals surface area contributed by atoms with Gasteiger partial charge in [0.2, 0.25) is 0 Å². The topological polar surface area (TPSA) is 73.4 Å². The number of nitrogens with zero attached hydrogens (tertiary/aromatic N) is 1. The third-order valence-electron chi connectivity index (χ3n) is 2.32. The van der Waals surface area contributed by atoms with Gasteiger partial charge in [0.25, 0.3) is 0 Å². The number of methoxy groups -OCH3 is 1. The van der Waals surface area contributed by atoms with Crippen LogP contribution in [0.5, 0.6) is 0 Å². The minimum Gasteiger partial charge on any atom is -0.377 e. The van der Waals surface area contributed by atoms with Gasteiger partial charge in [-0.3, -0.25) is 4.89 Å². The molecular weight excluding hydrogens is 236 g/mol. The van der Waals surface area contributed by atoms with Crippen molar-refractivity contribution in [3.8, 4) is 0 Å². The highest BCUT2D eigenvalue weighted by Crippen LogP contribution is 2.17. The first-order chi connectivity index (χ1) is 8.76. The highest BCUT2D eigenvalue weighted by molar-refractivity contribution is 6.01. The lowest BCUT2D eigenvalue weighted by Crippen LogP contribution is -2.06. The van der Waals surface area contributed by atoms with Crippen LogP contribution in [0.3, 0.4) is 0 Å². The number of benzene rings is 1. The summed E-state index contributed by atoms with van der Waals surface area (Å²) < 4.78 is 4.99. The SMILES string of the molecule is CCOOC(=O)c1cccc2[nH]c(COC)nc12. The Bertz CT molecular complexity index is 550. The molecule has 18 heavy (non-hydrogen) atoms. The summed E-state index contributed by atoms with van der Waals surface area (Å²) in [6.45, 7) is 2.39. The second kappa shape index (κ2) is 5.61. The van der Waals surface area contributed by atoms with Gasteiger partial charge in [-0.1, -0.05) is 6.07 Å². The van der Waals surface area contributed by atoms with Gasteiger partial charge in [0, 0.05) is 7.11 Å². The van der Waals surface area contributed by atoms with E-state index in [1.807, 2.05) is 6.07 Å². The molecule has 1 heterocycles. The molecule has 0 fully saturated rings. The highest BCUT2D eigenvalue weighted by atomic mass is 17.2. The Labute approximate surface area is 104 Å². The van der Waals surface area contributed by atoms with E-state index in [4.69, 9.17) is 4.74 Å². The Morgan fingerprint density at radius 1 is 1.44 bits per heavy atom. The van der Waals surface area contributed by atoms with Crippen LogP contribution < -0.4 is 0 Å². The van der Waals surface area contributed by atoms with E-state index in [9.17, 15) is 4.79 Å². The average molecular weight is 250 g/mol. The Balaban J connectivity index is 2.35. The van der Waals surface area contributed by atoms with E-state index >= 15 is 0 Å². The maximum atomic E-state index is 11.8. The predicted molar refractivity (Wildman–Crippen MR) is 63.8 cm³/mol. The molecule has 0 amide bonds. The number of rotatable bonds is 5. The van der Waals surface area contributed by atoms with E-state index in [1.165, 1.54) is 0 Å². The van der Waals surface area contributed by atoms with Crippen LogP contribution >= 0.6 is 0 Å². The van der Waals surface area contributed by atoms with Crippen LogP contribution in [0.25, 0.3) is 11.0 Å². The van der Waals surface area contributed by atoms with Crippen LogP contribution in [-0.4, -0.2) is 29.7 Å². The molecular formula is C12H14N2O4. The van der Waals surface area contributed by atoms with Gasteiger partial charge in [0.15, 0.2) is 0 Å². The van der Waals surface area contributed by atoms with Gasteiger partial charge in [0.05, 0.1) is 17.7 Å². The van der Waals surface area contributed by atoms with E-state index in [0.29, 0.717) is 30.1 Å². The van der Waals surface area contributed by atoms with Gasteiger partial charge in [0.1, 0.15) is 17.9 Å². The van der Waals surface area contributed by atoms with E-state index < -0.39 is 5.97 Å². The maximum Gasteiger partial charge on any atom is 0.375 e. The fourth-order valence-corrected chi connectivity index (χ4v) is 1.61. The summed E-state index contributed by atoms with van der Waals surface area (Å²) in [6, 6.07) is 5.22. The van der Waals surface area contributed by atoms with Crippen LogP contribution in [0.1, 0.15) is 23.1 Å². The molecule has 0 aliphatic rings. The standard InChI is InChI=1S/C12H14N2O4/c1-3-17-18-12(15)8-5-4-6-9-11(8)14-10(13-9)7-16-2/h4-6H,3,7H2,1-2H3,(H,13,14). The lowest BCUT2D eigenvalue weighted by molar-refractivity contribution is -0.236. The fourth-order valence-electron chi connectivity index (χ4n) is 1.61. The number of aromatic nitrogens is 2. The maximum absolute atomic E-state index is 11.8. The molecule has 0 bridgehead atoms. The second-order valence-corrected chi connectivity index (χ2v) is 3.60. The van der Waals surface area contributed by atoms with Crippen LogP contribution in [-0.2, 0) is 21.1 Å². The molecule has 6 heteroatoms. The van der Waals surface area contributed by atoms with Crippen molar-refractivity contribution in [1.29, 1.82) is 0 Å². The van der Waals surface area contributed by atoms with Crippen molar-refractivity contribution in [3.63, 3.8) is 0 Å². The molecule has 0 radical (unpaired) electrons. The number of nitrogens with one attached hydrogen (secondary N) is 1. The minimum atomic E-state index is -0.557. The Hall–Kier alpha value is -1.92. The van der Waals surface area contributed by atoms with Crippen LogP contribution in [0.15, 0.2) is 18.2 Å². The number of fused-ring (bicyclic) bond motifs is 1. The zero-order valence-corrected chi connectivity index (χ0v) is 10.2. The zero-order valence-electron chi connectivity index (χ0n) is 10.2. The number of hydrogen-bond donors (Lipinski definition) is 1. The molecule has 6 nitrogen and oxygen atoms in total. The second-order valence-electron chi connectivity index (χ2n) is 3.60. The number of aromatic amines is 1. The molecule has 1 aromatic carbocycles. The average Bonchev–Trinajstić information content (AvgIpc) is 2.78. The number of H-pyrrole nitrogens is 1. The third kappa shape index (κ3) is 2.49. The fraction of sp³-hybridized carbons (Fsp3) is 0.333. The normalized spacial score (nSPS) is 10.8. The van der Waals surface area contributed by atoms with Crippen molar-refractivity contribution in [2.75, 3.05) is 13.7 Å². The molecule has 0 saturated heterocycles. The first-order valence-electron chi connectivity index (χ1n) is 5.56. The summed E-state index contributed by atoms with van der Waals surface area (Å²) >= 11 is 0. The number of carbonyl (C=O) groups is 1. The smallest absolute Gasteiger partial charge is 0.375 e. The van der Waals surface area contributed by atoms with Crippen LogP contribution in [0, 0.1) is 0 Å². The minimum absolute atomic E-state index is 0.303. The van der Waals surface area contributed by atoms with Crippen molar-refractivity contribution in [2.45, 2.75) is 13.5 Å². The first-order valence-corrected chi connectivity index (χ1v) is 5.56. The largest absolute Gasteiger partial charge is 0.377 e. The molecule has 2 rings (SSSR count). The summed E-state index contributed by atoms with van der Waals surface area (Å²) in [5, 5.41) is 0. The molecule has 1 aromatic heterocycles. The summed E-state index contributed by atoms with van der Waals surface area (Å²) in [6.07, 6.45) is 0. The van der Waals surface area contributed by atoms with Crippen LogP contribution in [0.2, 0.25) is 0 Å². The summed E-state index contributed by atoms with van der Waals surface area (Å²) in [5.41, 5.74) is 1.67. The molecule has 0 unspecified atom stereocenters. The van der Waals surface area contributed by atoms with Gasteiger partial charge >= 0.3 is 5.97 Å². The Morgan fingerprint density at radius 3 is 3.00 bits per heavy atom. The van der Waals surface area contributed by atoms with Gasteiger partial charge in [-0.25, -0.2) is 9.78 Å². The van der Waals surface area contributed by atoms with E-state index in [1.54, 1.807) is 26.2 Å². The summed E-state index contributed by atoms with van der Waals surface area (Å²) in [4.78, 5) is 28.4. The quantitative estimate of drug-likeness (QED) is 0.647. The molecule has 0 saturated carbocycles. The number of para-hydroxylation sites is 1. The van der Waals surface area contributed by atoms with Crippen molar-refractivity contribution in [3.05, 3.63) is 29.6 Å². The van der Waals surface area contributed by atoms with Gasteiger partial charge in [-0.2, -0.15) is 4.89 Å². The number of imidazole rings is 1. The predicted octanol–water partition coefficient (Wildman–Crippen LogP) is 1.82. The molecule has 1 N–H and O–H groups in total. The molecule has 0 aliphatic heterocycles. The number of ether oxygens (including phenoxy) is 1. The Morgan fingerprint density at radius 2 is 2.28 bits per heavy atom. The number of carbonyl (C=O) groups excluding carboxylic acids is 1. The van der Waals surface area contributed by atoms with Crippen molar-refractivity contribution in [1.82, 2.24) is 9.97 Å². The van der Waals surface area contributed by atoms with Crippen molar-refractivity contribution >= 4 is 17.0 Å². The van der Waals surface area contributed by atoms with Crippen molar-refractivity contribution < 1.29 is 19.3 Å². The van der Waals surface area contributed by atoms with E-state index in [2.05, 4.69) is 19.7 Å². The van der Waals surface area contributed by atoms with Gasteiger partial charge in [-0.15, -0.1) is 0 Å². The summed E-state index contributed by atoms with van der Waals surface area (Å²) in [7, 11) is 1.58. The monoisotopic (exact) mass is 250 g/mol. The number of hydrogen-bond acceptors (Lipinski definition) is 5. The molecule has 2 aromatic rings. The van der Waals surface area contributed by atoms with E-state index in [-0.39, 0.29) is 0 Å². The first kappa shape index (κ1) is 12.5. The molecule has 0 spiro atoms. The van der Waals surface area contributed by atoms with Gasteiger partial charge in [-0.05, 0) is 19.1 Å². The zero-order chi connectivity index (χ0) is 13.0. The Kier molecular flexibility index (Phi) is 3.91. The summed E-state index contributed by atoms with van der Waals surface area (Å²) in [5.74, 6) is 0.0991. The molecule has 0 aliphatic carbocycles. The highest BCUT2D eigenvalue weighted by Gasteiger charge is 2.15. The van der Waals surface area contributed by atoms with Gasteiger partial charge < -0.3 is 9.72 Å². The third-order valence-corrected chi connectivity index (χ3v) is 2.32.